The molecule has 0 radical (unpaired) electrons. The highest BCUT2D eigenvalue weighted by atomic mass is 35.5. The van der Waals surface area contributed by atoms with Gasteiger partial charge in [0, 0.05) is 41.0 Å². The summed E-state index contributed by atoms with van der Waals surface area (Å²) in [5.74, 6) is -1.59. The number of nitrogens with two attached hydrogens (primary N) is 1. The minimum Gasteiger partial charge on any atom is -0.618 e. The van der Waals surface area contributed by atoms with Crippen molar-refractivity contribution < 1.29 is 13.5 Å². The normalized spacial score (nSPS) is 12.0. The first-order chi connectivity index (χ1) is 20.3. The largest absolute Gasteiger partial charge is 0.618 e. The average molecular weight is 606 g/mol. The van der Waals surface area contributed by atoms with Crippen molar-refractivity contribution in [3.8, 4) is 27.9 Å². The number of tetrazole rings is 1. The number of pyridine rings is 2. The van der Waals surface area contributed by atoms with Gasteiger partial charge in [-0.05, 0) is 52.4 Å². The lowest BCUT2D eigenvalue weighted by molar-refractivity contribution is -0.615. The van der Waals surface area contributed by atoms with Crippen LogP contribution in [0.5, 0.6) is 0 Å². The average Bonchev–Trinajstić information content (AvgIpc) is 3.69. The van der Waals surface area contributed by atoms with E-state index in [1.165, 1.54) is 35.5 Å². The number of rotatable bonds is 7. The van der Waals surface area contributed by atoms with Crippen LogP contribution >= 0.6 is 23.2 Å². The van der Waals surface area contributed by atoms with Crippen molar-refractivity contribution >= 4 is 29.0 Å². The van der Waals surface area contributed by atoms with Crippen LogP contribution in [0.25, 0.3) is 27.9 Å². The van der Waals surface area contributed by atoms with Crippen LogP contribution in [0.15, 0.2) is 85.7 Å². The summed E-state index contributed by atoms with van der Waals surface area (Å²) in [5, 5.41) is 29.6. The zero-order chi connectivity index (χ0) is 29.4. The summed E-state index contributed by atoms with van der Waals surface area (Å²) in [5.41, 5.74) is 8.37. The van der Waals surface area contributed by atoms with E-state index in [0.717, 1.165) is 5.56 Å². The van der Waals surface area contributed by atoms with Gasteiger partial charge in [-0.15, -0.1) is 5.10 Å². The molecule has 6 aromatic rings. The van der Waals surface area contributed by atoms with Gasteiger partial charge in [-0.3, -0.25) is 4.68 Å². The molecule has 0 aliphatic heterocycles. The van der Waals surface area contributed by atoms with Crippen LogP contribution in [0.2, 0.25) is 10.0 Å². The van der Waals surface area contributed by atoms with E-state index in [-0.39, 0.29) is 22.0 Å². The predicted octanol–water partition coefficient (Wildman–Crippen LogP) is 5.22. The van der Waals surface area contributed by atoms with Gasteiger partial charge >= 0.3 is 0 Å². The predicted molar refractivity (Wildman–Crippen MR) is 152 cm³/mol. The second-order valence-electron chi connectivity index (χ2n) is 9.32. The van der Waals surface area contributed by atoms with Gasteiger partial charge in [-0.2, -0.15) is 14.5 Å². The molecule has 10 nitrogen and oxygen atoms in total. The molecule has 1 unspecified atom stereocenters. The quantitative estimate of drug-likeness (QED) is 0.195. The highest BCUT2D eigenvalue weighted by Gasteiger charge is 2.26. The first-order valence-corrected chi connectivity index (χ1v) is 13.2. The lowest BCUT2D eigenvalue weighted by Crippen LogP contribution is -2.36. The van der Waals surface area contributed by atoms with E-state index in [4.69, 9.17) is 28.9 Å². The maximum Gasteiger partial charge on any atom is 0.217 e. The van der Waals surface area contributed by atoms with Crippen molar-refractivity contribution in [3.05, 3.63) is 124 Å². The number of halogens is 4. The Kier molecular flexibility index (Phi) is 7.23. The van der Waals surface area contributed by atoms with Gasteiger partial charge in [-0.1, -0.05) is 35.3 Å². The fourth-order valence-corrected chi connectivity index (χ4v) is 4.90. The summed E-state index contributed by atoms with van der Waals surface area (Å²) in [6, 6.07) is 14.0. The standard InChI is InChI=1S/C28H19Cl2F2N9O/c29-20-4-1-16(2-5-20)9-25(39-13-19(12-36-39)18-10-22(31)28(33)34-11-18)23-7-3-17(14-41(23)42)26-24(40-15-35-37-38-40)8-6-21(30)27(26)32/h1-8,10-15,25H,9H2,(H2,33,34). The Bertz CT molecular complexity index is 1900. The van der Waals surface area contributed by atoms with Crippen molar-refractivity contribution in [2.75, 3.05) is 5.73 Å². The number of hydrogen-bond donors (Lipinski definition) is 1. The molecule has 2 N–H and O–H groups in total. The van der Waals surface area contributed by atoms with Crippen LogP contribution in [0.4, 0.5) is 14.6 Å². The molecule has 0 aliphatic carbocycles. The van der Waals surface area contributed by atoms with E-state index in [1.807, 2.05) is 12.1 Å². The second-order valence-corrected chi connectivity index (χ2v) is 10.2. The molecule has 0 saturated heterocycles. The fourth-order valence-electron chi connectivity index (χ4n) is 4.62. The molecule has 6 rings (SSSR count). The summed E-state index contributed by atoms with van der Waals surface area (Å²) in [7, 11) is 0. The molecule has 4 aromatic heterocycles. The van der Waals surface area contributed by atoms with E-state index in [2.05, 4.69) is 25.6 Å². The van der Waals surface area contributed by atoms with Crippen molar-refractivity contribution in [1.82, 2.24) is 35.0 Å². The van der Waals surface area contributed by atoms with E-state index < -0.39 is 17.7 Å². The van der Waals surface area contributed by atoms with Crippen molar-refractivity contribution in [3.63, 3.8) is 0 Å². The van der Waals surface area contributed by atoms with Crippen LogP contribution in [0, 0.1) is 16.8 Å². The molecular weight excluding hydrogens is 587 g/mol. The summed E-state index contributed by atoms with van der Waals surface area (Å²) in [6.45, 7) is 0. The number of benzene rings is 2. The van der Waals surface area contributed by atoms with Gasteiger partial charge in [0.2, 0.25) is 5.69 Å². The molecule has 0 amide bonds. The second kappa shape index (κ2) is 11.1. The third kappa shape index (κ3) is 5.24. The Labute approximate surface area is 247 Å². The minimum absolute atomic E-state index is 0.0550. The Morgan fingerprint density at radius 1 is 0.976 bits per heavy atom. The molecular formula is C28H19Cl2F2N9O. The molecule has 210 valence electrons. The highest BCUT2D eigenvalue weighted by Crippen LogP contribution is 2.34. The topological polar surface area (TPSA) is 127 Å². The SMILES string of the molecule is Nc1ncc(-c2cnn(C(Cc3ccc(Cl)cc3)c3ccc(-c4c(-n5cnnn5)ccc(Cl)c4F)c[n+]3[O-])c2)cc1F. The van der Waals surface area contributed by atoms with Gasteiger partial charge in [0.25, 0.3) is 0 Å². The number of nitrogen functional groups attached to an aromatic ring is 1. The van der Waals surface area contributed by atoms with Gasteiger partial charge in [0.1, 0.15) is 12.4 Å². The Hall–Kier alpha value is -4.94. The third-order valence-electron chi connectivity index (χ3n) is 6.71. The summed E-state index contributed by atoms with van der Waals surface area (Å²) in [4.78, 5) is 3.88. The molecule has 0 fully saturated rings. The number of hydrogen-bond acceptors (Lipinski definition) is 7. The smallest absolute Gasteiger partial charge is 0.217 e. The van der Waals surface area contributed by atoms with Gasteiger partial charge in [0.15, 0.2) is 23.6 Å². The Balaban J connectivity index is 1.43. The molecule has 0 saturated carbocycles. The molecule has 2 aromatic carbocycles. The van der Waals surface area contributed by atoms with Gasteiger partial charge < -0.3 is 10.9 Å². The molecule has 1 atom stereocenters. The first kappa shape index (κ1) is 27.2. The zero-order valence-corrected chi connectivity index (χ0v) is 23.0. The van der Waals surface area contributed by atoms with E-state index in [9.17, 15) is 9.60 Å². The lowest BCUT2D eigenvalue weighted by atomic mass is 10.00. The van der Waals surface area contributed by atoms with Crippen LogP contribution in [0.3, 0.4) is 0 Å². The van der Waals surface area contributed by atoms with Crippen molar-refractivity contribution in [1.29, 1.82) is 0 Å². The number of nitrogens with zero attached hydrogens (tertiary/aromatic N) is 8. The molecule has 14 heteroatoms. The van der Waals surface area contributed by atoms with Crippen LogP contribution < -0.4 is 10.5 Å². The number of aromatic nitrogens is 8. The molecule has 4 heterocycles. The number of anilines is 1. The fraction of sp³-hybridized carbons (Fsp3) is 0.0714. The summed E-state index contributed by atoms with van der Waals surface area (Å²) >= 11 is 12.2. The summed E-state index contributed by atoms with van der Waals surface area (Å²) < 4.78 is 33.0. The van der Waals surface area contributed by atoms with Crippen molar-refractivity contribution in [2.45, 2.75) is 12.5 Å². The zero-order valence-electron chi connectivity index (χ0n) is 21.4. The maximum absolute atomic E-state index is 15.3. The van der Waals surface area contributed by atoms with E-state index in [0.29, 0.717) is 38.7 Å². The monoisotopic (exact) mass is 605 g/mol. The van der Waals surface area contributed by atoms with Gasteiger partial charge in [-0.25, -0.2) is 13.8 Å². The van der Waals surface area contributed by atoms with Crippen LogP contribution in [-0.4, -0.2) is 35.0 Å². The van der Waals surface area contributed by atoms with Gasteiger partial charge in [0.05, 0.1) is 28.0 Å². The Morgan fingerprint density at radius 3 is 2.50 bits per heavy atom. The lowest BCUT2D eigenvalue weighted by Gasteiger charge is -2.18. The molecule has 0 spiro atoms. The van der Waals surface area contributed by atoms with Crippen molar-refractivity contribution in [2.24, 2.45) is 0 Å². The minimum atomic E-state index is -0.726. The molecule has 0 bridgehead atoms. The summed E-state index contributed by atoms with van der Waals surface area (Å²) in [6.07, 6.45) is 7.61. The molecule has 0 aliphatic rings. The molecule has 42 heavy (non-hydrogen) atoms. The van der Waals surface area contributed by atoms with Crippen LogP contribution in [0.1, 0.15) is 17.3 Å². The van der Waals surface area contributed by atoms with Crippen LogP contribution in [-0.2, 0) is 6.42 Å². The Morgan fingerprint density at radius 2 is 1.79 bits per heavy atom. The first-order valence-electron chi connectivity index (χ1n) is 12.4. The van der Waals surface area contributed by atoms with E-state index in [1.54, 1.807) is 47.4 Å². The maximum atomic E-state index is 15.3. The highest BCUT2D eigenvalue weighted by molar-refractivity contribution is 6.31. The van der Waals surface area contributed by atoms with E-state index >= 15 is 4.39 Å². The third-order valence-corrected chi connectivity index (χ3v) is 7.25.